The number of nitrogens with zero attached hydrogens (tertiary/aromatic N) is 1. The van der Waals surface area contributed by atoms with Gasteiger partial charge in [0.1, 0.15) is 18.3 Å². The maximum atomic E-state index is 12.0. The van der Waals surface area contributed by atoms with Crippen molar-refractivity contribution in [2.24, 2.45) is 5.16 Å². The second-order valence-electron chi connectivity index (χ2n) is 8.58. The van der Waals surface area contributed by atoms with Crippen LogP contribution in [0.1, 0.15) is 23.6 Å². The highest BCUT2D eigenvalue weighted by atomic mass is 16.6. The summed E-state index contributed by atoms with van der Waals surface area (Å²) in [5, 5.41) is 26.4. The van der Waals surface area contributed by atoms with Crippen molar-refractivity contribution in [1.29, 1.82) is 0 Å². The van der Waals surface area contributed by atoms with E-state index in [9.17, 15) is 15.1 Å². The number of carbonyl (C=O) groups excluding carboxylic acids is 1. The molecule has 8 heteroatoms. The molecule has 1 amide bonds. The molecule has 0 aliphatic carbocycles. The number of aliphatic hydroxyl groups is 1. The Morgan fingerprint density at radius 3 is 1.73 bits per heavy atom. The molecule has 37 heavy (non-hydrogen) atoms. The van der Waals surface area contributed by atoms with Crippen LogP contribution in [0.15, 0.2) is 96.2 Å². The molecule has 3 rings (SSSR count). The first kappa shape index (κ1) is 28.0. The quantitative estimate of drug-likeness (QED) is 0.165. The lowest BCUT2D eigenvalue weighted by Crippen LogP contribution is -2.55. The Labute approximate surface area is 217 Å². The van der Waals surface area contributed by atoms with Gasteiger partial charge in [0.15, 0.2) is 0 Å². The Hall–Kier alpha value is -3.56. The first-order valence-corrected chi connectivity index (χ1v) is 12.1. The third kappa shape index (κ3) is 9.78. The van der Waals surface area contributed by atoms with E-state index in [0.717, 1.165) is 22.9 Å². The Morgan fingerprint density at radius 1 is 0.811 bits per heavy atom. The summed E-state index contributed by atoms with van der Waals surface area (Å²) in [6.07, 6.45) is -1.79. The number of rotatable bonds is 15. The zero-order valence-electron chi connectivity index (χ0n) is 20.9. The predicted octanol–water partition coefficient (Wildman–Crippen LogP) is 3.70. The molecule has 8 nitrogen and oxygen atoms in total. The average molecular weight is 507 g/mol. The number of carbonyl (C=O) groups is 1. The number of aliphatic hydroxyl groups excluding tert-OH is 1. The van der Waals surface area contributed by atoms with Crippen LogP contribution in [0, 0.1) is 0 Å². The zero-order valence-corrected chi connectivity index (χ0v) is 20.9. The third-order valence-electron chi connectivity index (χ3n) is 5.62. The zero-order chi connectivity index (χ0) is 26.3. The summed E-state index contributed by atoms with van der Waals surface area (Å²) in [6.45, 7) is 2.00. The molecule has 0 aliphatic heterocycles. The summed E-state index contributed by atoms with van der Waals surface area (Å²) in [5.41, 5.74) is 2.77. The van der Waals surface area contributed by atoms with Gasteiger partial charge in [-0.15, -0.1) is 0 Å². The van der Waals surface area contributed by atoms with Crippen molar-refractivity contribution in [2.75, 3.05) is 6.61 Å². The second kappa shape index (κ2) is 15.5. The van der Waals surface area contributed by atoms with Gasteiger partial charge in [-0.25, -0.2) is 0 Å². The van der Waals surface area contributed by atoms with Crippen LogP contribution in [0.25, 0.3) is 0 Å². The molecule has 0 fully saturated rings. The Morgan fingerprint density at radius 2 is 1.27 bits per heavy atom. The van der Waals surface area contributed by atoms with Crippen LogP contribution < -0.4 is 5.32 Å². The molecule has 3 aromatic rings. The lowest BCUT2D eigenvalue weighted by Gasteiger charge is -2.34. The first-order chi connectivity index (χ1) is 18.1. The van der Waals surface area contributed by atoms with Gasteiger partial charge in [-0.3, -0.25) is 4.79 Å². The van der Waals surface area contributed by atoms with Crippen molar-refractivity contribution < 1.29 is 29.3 Å². The molecular weight excluding hydrogens is 472 g/mol. The molecule has 0 saturated heterocycles. The van der Waals surface area contributed by atoms with Crippen molar-refractivity contribution in [2.45, 2.75) is 51.1 Å². The van der Waals surface area contributed by atoms with Gasteiger partial charge >= 0.3 is 0 Å². The molecular formula is C29H34N2O6. The van der Waals surface area contributed by atoms with E-state index >= 15 is 0 Å². The van der Waals surface area contributed by atoms with Gasteiger partial charge in [0.2, 0.25) is 5.91 Å². The minimum atomic E-state index is -1.11. The van der Waals surface area contributed by atoms with Gasteiger partial charge in [-0.05, 0) is 16.7 Å². The highest BCUT2D eigenvalue weighted by Gasteiger charge is 2.36. The number of hydrogen-bond donors (Lipinski definition) is 3. The Balaban J connectivity index is 1.82. The molecule has 0 aromatic heterocycles. The topological polar surface area (TPSA) is 110 Å². The van der Waals surface area contributed by atoms with Crippen molar-refractivity contribution in [1.82, 2.24) is 5.32 Å². The lowest BCUT2D eigenvalue weighted by molar-refractivity contribution is -0.152. The largest absolute Gasteiger partial charge is 0.411 e. The number of oxime groups is 1. The minimum absolute atomic E-state index is 0.0391. The molecule has 0 saturated carbocycles. The molecule has 0 aliphatic rings. The van der Waals surface area contributed by atoms with Crippen LogP contribution in [-0.2, 0) is 38.8 Å². The maximum absolute atomic E-state index is 12.0. The molecule has 0 heterocycles. The summed E-state index contributed by atoms with van der Waals surface area (Å²) in [6, 6.07) is 27.8. The Kier molecular flexibility index (Phi) is 11.8. The van der Waals surface area contributed by atoms with Crippen LogP contribution in [0.4, 0.5) is 0 Å². The molecule has 0 unspecified atom stereocenters. The summed E-state index contributed by atoms with van der Waals surface area (Å²) in [7, 11) is 0. The summed E-state index contributed by atoms with van der Waals surface area (Å²) in [4.78, 5) is 12.0. The average Bonchev–Trinajstić information content (AvgIpc) is 2.92. The Bertz CT molecular complexity index is 1070. The molecule has 0 bridgehead atoms. The van der Waals surface area contributed by atoms with E-state index < -0.39 is 24.4 Å². The van der Waals surface area contributed by atoms with Gasteiger partial charge in [-0.1, -0.05) is 96.2 Å². The molecule has 4 atom stereocenters. The maximum Gasteiger partial charge on any atom is 0.217 e. The molecule has 3 aromatic carbocycles. The standard InChI is InChI=1S/C29H34N2O6/c1-22(32)31-26(17-30-34)28(36-19-24-13-7-3-8-14-24)29(37-20-25-15-9-4-10-16-25)27(33)21-35-18-23-11-5-2-6-12-23/h2-17,26-29,33-34H,18-21H2,1H3,(H,31,32)/b30-17+/t26-,27+,28+,29+/m0/s1. The van der Waals surface area contributed by atoms with Gasteiger partial charge in [0.25, 0.3) is 0 Å². The van der Waals surface area contributed by atoms with Crippen molar-refractivity contribution in [3.8, 4) is 0 Å². The number of hydrogen-bond acceptors (Lipinski definition) is 7. The van der Waals surface area contributed by atoms with Crippen LogP contribution in [0.3, 0.4) is 0 Å². The predicted molar refractivity (Wildman–Crippen MR) is 140 cm³/mol. The number of amides is 1. The van der Waals surface area contributed by atoms with Gasteiger partial charge in [0, 0.05) is 6.92 Å². The van der Waals surface area contributed by atoms with Gasteiger partial charge in [-0.2, -0.15) is 0 Å². The van der Waals surface area contributed by atoms with E-state index in [2.05, 4.69) is 10.5 Å². The molecule has 3 N–H and O–H groups in total. The summed E-state index contributed by atoms with van der Waals surface area (Å²) < 4.78 is 18.2. The number of benzene rings is 3. The van der Waals surface area contributed by atoms with Crippen molar-refractivity contribution in [3.05, 3.63) is 108 Å². The molecule has 196 valence electrons. The van der Waals surface area contributed by atoms with Crippen LogP contribution in [-0.4, -0.2) is 53.4 Å². The fraction of sp³-hybridized carbons (Fsp3) is 0.310. The van der Waals surface area contributed by atoms with E-state index in [4.69, 9.17) is 14.2 Å². The normalized spacial score (nSPS) is 14.6. The highest BCUT2D eigenvalue weighted by molar-refractivity contribution is 5.78. The lowest BCUT2D eigenvalue weighted by atomic mass is 10.0. The van der Waals surface area contributed by atoms with Crippen LogP contribution in [0.2, 0.25) is 0 Å². The van der Waals surface area contributed by atoms with Crippen molar-refractivity contribution in [3.63, 3.8) is 0 Å². The van der Waals surface area contributed by atoms with Crippen molar-refractivity contribution >= 4 is 12.1 Å². The number of nitrogens with one attached hydrogen (secondary N) is 1. The fourth-order valence-corrected chi connectivity index (χ4v) is 3.84. The second-order valence-corrected chi connectivity index (χ2v) is 8.58. The summed E-state index contributed by atoms with van der Waals surface area (Å²) in [5.74, 6) is -0.352. The van der Waals surface area contributed by atoms with E-state index in [-0.39, 0.29) is 25.7 Å². The monoisotopic (exact) mass is 506 g/mol. The molecule has 0 radical (unpaired) electrons. The molecule has 0 spiro atoms. The minimum Gasteiger partial charge on any atom is -0.411 e. The van der Waals surface area contributed by atoms with Crippen LogP contribution >= 0.6 is 0 Å². The van der Waals surface area contributed by atoms with E-state index in [1.54, 1.807) is 0 Å². The SMILES string of the molecule is CC(=O)N[C@@H](/C=N/O)[C@@H](OCc1ccccc1)[C@H](OCc1ccccc1)[C@H](O)COCc1ccccc1. The first-order valence-electron chi connectivity index (χ1n) is 12.1. The number of ether oxygens (including phenoxy) is 3. The highest BCUT2D eigenvalue weighted by Crippen LogP contribution is 2.19. The van der Waals surface area contributed by atoms with Gasteiger partial charge in [0.05, 0.1) is 38.7 Å². The van der Waals surface area contributed by atoms with E-state index in [1.807, 2.05) is 91.0 Å². The third-order valence-corrected chi connectivity index (χ3v) is 5.62. The van der Waals surface area contributed by atoms with Gasteiger partial charge < -0.3 is 29.8 Å². The van der Waals surface area contributed by atoms with E-state index in [0.29, 0.717) is 6.61 Å². The van der Waals surface area contributed by atoms with E-state index in [1.165, 1.54) is 6.92 Å². The smallest absolute Gasteiger partial charge is 0.217 e. The summed E-state index contributed by atoms with van der Waals surface area (Å²) >= 11 is 0. The fourth-order valence-electron chi connectivity index (χ4n) is 3.84. The van der Waals surface area contributed by atoms with Crippen LogP contribution in [0.5, 0.6) is 0 Å².